The van der Waals surface area contributed by atoms with E-state index in [4.69, 9.17) is 4.74 Å². The predicted molar refractivity (Wildman–Crippen MR) is 111 cm³/mol. The number of hydrogen-bond acceptors (Lipinski definition) is 5. The first-order valence-electron chi connectivity index (χ1n) is 10.5. The standard InChI is InChI=1S/C22H30FN3O5/c1-22(2,3)31-21(29)24-9-7-17(8-10-24)26-12-11-25(20(26)28)14-16-6-5-15(13-18(16)23)19(27)30-4/h5-6,13,17H,7-12,14H2,1-4H3. The Morgan fingerprint density at radius 2 is 1.81 bits per heavy atom. The number of nitrogens with zero attached hydrogens (tertiary/aromatic N) is 3. The topological polar surface area (TPSA) is 79.4 Å². The lowest BCUT2D eigenvalue weighted by Crippen LogP contribution is -2.49. The van der Waals surface area contributed by atoms with Crippen molar-refractivity contribution < 1.29 is 28.2 Å². The molecule has 2 aliphatic rings. The summed E-state index contributed by atoms with van der Waals surface area (Å²) in [4.78, 5) is 41.8. The number of amides is 3. The highest BCUT2D eigenvalue weighted by atomic mass is 19.1. The van der Waals surface area contributed by atoms with Crippen molar-refractivity contribution in [2.75, 3.05) is 33.3 Å². The summed E-state index contributed by atoms with van der Waals surface area (Å²) in [5, 5.41) is 0. The molecule has 2 fully saturated rings. The molecule has 0 aliphatic carbocycles. The molecule has 0 saturated carbocycles. The molecule has 0 aromatic heterocycles. The summed E-state index contributed by atoms with van der Waals surface area (Å²) < 4.78 is 24.4. The molecule has 1 aromatic rings. The van der Waals surface area contributed by atoms with Crippen molar-refractivity contribution in [2.45, 2.75) is 51.8 Å². The summed E-state index contributed by atoms with van der Waals surface area (Å²) in [6.45, 7) is 7.78. The second-order valence-corrected chi connectivity index (χ2v) is 8.89. The Labute approximate surface area is 181 Å². The van der Waals surface area contributed by atoms with Gasteiger partial charge in [-0.3, -0.25) is 0 Å². The monoisotopic (exact) mass is 435 g/mol. The molecule has 31 heavy (non-hydrogen) atoms. The molecule has 170 valence electrons. The van der Waals surface area contributed by atoms with Crippen LogP contribution in [0.4, 0.5) is 14.0 Å². The molecular weight excluding hydrogens is 405 g/mol. The first kappa shape index (κ1) is 22.8. The Morgan fingerprint density at radius 3 is 2.39 bits per heavy atom. The smallest absolute Gasteiger partial charge is 0.410 e. The normalized spacial score (nSPS) is 17.8. The van der Waals surface area contributed by atoms with Gasteiger partial charge in [-0.05, 0) is 45.7 Å². The van der Waals surface area contributed by atoms with Crippen LogP contribution in [-0.2, 0) is 16.0 Å². The minimum Gasteiger partial charge on any atom is -0.465 e. The number of piperidine rings is 1. The molecule has 1 aromatic carbocycles. The van der Waals surface area contributed by atoms with Gasteiger partial charge in [0.25, 0.3) is 0 Å². The SMILES string of the molecule is COC(=O)c1ccc(CN2CCN(C3CCN(C(=O)OC(C)(C)C)CC3)C2=O)c(F)c1. The van der Waals surface area contributed by atoms with E-state index in [2.05, 4.69) is 4.74 Å². The van der Waals surface area contributed by atoms with Gasteiger partial charge in [0.05, 0.1) is 19.2 Å². The summed E-state index contributed by atoms with van der Waals surface area (Å²) in [5.41, 5.74) is -0.0542. The van der Waals surface area contributed by atoms with E-state index in [0.29, 0.717) is 44.6 Å². The largest absolute Gasteiger partial charge is 0.465 e. The van der Waals surface area contributed by atoms with Crippen LogP contribution >= 0.6 is 0 Å². The van der Waals surface area contributed by atoms with Gasteiger partial charge in [0.1, 0.15) is 11.4 Å². The molecule has 2 aliphatic heterocycles. The van der Waals surface area contributed by atoms with Gasteiger partial charge in [0.15, 0.2) is 0 Å². The number of carbonyl (C=O) groups excluding carboxylic acids is 3. The third-order valence-corrected chi connectivity index (χ3v) is 5.52. The summed E-state index contributed by atoms with van der Waals surface area (Å²) >= 11 is 0. The van der Waals surface area contributed by atoms with E-state index in [9.17, 15) is 18.8 Å². The van der Waals surface area contributed by atoms with E-state index in [1.54, 1.807) is 9.80 Å². The van der Waals surface area contributed by atoms with Crippen molar-refractivity contribution in [1.82, 2.24) is 14.7 Å². The number of benzene rings is 1. The van der Waals surface area contributed by atoms with Crippen LogP contribution in [-0.4, -0.2) is 77.7 Å². The fourth-order valence-corrected chi connectivity index (χ4v) is 3.90. The maximum absolute atomic E-state index is 14.4. The molecule has 2 heterocycles. The first-order valence-corrected chi connectivity index (χ1v) is 10.5. The minimum atomic E-state index is -0.605. The van der Waals surface area contributed by atoms with Gasteiger partial charge in [-0.15, -0.1) is 0 Å². The zero-order valence-electron chi connectivity index (χ0n) is 18.5. The van der Waals surface area contributed by atoms with Crippen LogP contribution in [0.5, 0.6) is 0 Å². The lowest BCUT2D eigenvalue weighted by atomic mass is 10.0. The van der Waals surface area contributed by atoms with Crippen molar-refractivity contribution in [3.05, 3.63) is 35.1 Å². The Hall–Kier alpha value is -2.84. The minimum absolute atomic E-state index is 0.0442. The lowest BCUT2D eigenvalue weighted by molar-refractivity contribution is 0.0170. The third-order valence-electron chi connectivity index (χ3n) is 5.52. The zero-order chi connectivity index (χ0) is 22.8. The average Bonchev–Trinajstić information content (AvgIpc) is 3.08. The number of ether oxygens (including phenoxy) is 2. The molecule has 9 heteroatoms. The molecule has 2 saturated heterocycles. The van der Waals surface area contributed by atoms with E-state index in [0.717, 1.165) is 6.07 Å². The maximum atomic E-state index is 14.4. The molecule has 0 atom stereocenters. The molecule has 0 radical (unpaired) electrons. The summed E-state index contributed by atoms with van der Waals surface area (Å²) in [5.74, 6) is -1.15. The molecule has 0 N–H and O–H groups in total. The van der Waals surface area contributed by atoms with Gasteiger partial charge in [-0.2, -0.15) is 0 Å². The van der Waals surface area contributed by atoms with Crippen LogP contribution in [0.15, 0.2) is 18.2 Å². The van der Waals surface area contributed by atoms with Crippen LogP contribution in [0.1, 0.15) is 49.5 Å². The van der Waals surface area contributed by atoms with Gasteiger partial charge in [-0.1, -0.05) is 6.07 Å². The van der Waals surface area contributed by atoms with Gasteiger partial charge < -0.3 is 24.2 Å². The highest BCUT2D eigenvalue weighted by Gasteiger charge is 2.37. The quantitative estimate of drug-likeness (QED) is 0.679. The highest BCUT2D eigenvalue weighted by molar-refractivity contribution is 5.89. The fourth-order valence-electron chi connectivity index (χ4n) is 3.90. The van der Waals surface area contributed by atoms with Crippen molar-refractivity contribution in [1.29, 1.82) is 0 Å². The van der Waals surface area contributed by atoms with E-state index in [-0.39, 0.29) is 30.3 Å². The van der Waals surface area contributed by atoms with Gasteiger partial charge in [0.2, 0.25) is 0 Å². The lowest BCUT2D eigenvalue weighted by Gasteiger charge is -2.37. The average molecular weight is 435 g/mol. The number of rotatable bonds is 4. The summed E-state index contributed by atoms with van der Waals surface area (Å²) in [7, 11) is 1.24. The summed E-state index contributed by atoms with van der Waals surface area (Å²) in [6.07, 6.45) is 1.04. The molecular formula is C22H30FN3O5. The number of carbonyl (C=O) groups is 3. The van der Waals surface area contributed by atoms with Crippen LogP contribution in [0.25, 0.3) is 0 Å². The van der Waals surface area contributed by atoms with Crippen molar-refractivity contribution in [3.63, 3.8) is 0 Å². The van der Waals surface area contributed by atoms with Crippen LogP contribution < -0.4 is 0 Å². The molecule has 0 spiro atoms. The Bertz CT molecular complexity index is 846. The van der Waals surface area contributed by atoms with E-state index in [1.807, 2.05) is 25.7 Å². The molecule has 0 unspecified atom stereocenters. The van der Waals surface area contributed by atoms with E-state index in [1.165, 1.54) is 19.2 Å². The number of halogens is 1. The number of urea groups is 1. The van der Waals surface area contributed by atoms with Crippen LogP contribution in [0.2, 0.25) is 0 Å². The Balaban J connectivity index is 1.55. The van der Waals surface area contributed by atoms with E-state index < -0.39 is 17.4 Å². The fraction of sp³-hybridized carbons (Fsp3) is 0.591. The second kappa shape index (κ2) is 9.11. The first-order chi connectivity index (χ1) is 14.6. The molecule has 8 nitrogen and oxygen atoms in total. The third kappa shape index (κ3) is 5.45. The van der Waals surface area contributed by atoms with Crippen LogP contribution in [0, 0.1) is 5.82 Å². The molecule has 0 bridgehead atoms. The summed E-state index contributed by atoms with van der Waals surface area (Å²) in [6, 6.07) is 4.05. The van der Waals surface area contributed by atoms with Crippen molar-refractivity contribution >= 4 is 18.1 Å². The number of likely N-dealkylation sites (tertiary alicyclic amines) is 1. The Kier molecular flexibility index (Phi) is 6.71. The maximum Gasteiger partial charge on any atom is 0.410 e. The number of methoxy groups -OCH3 is 1. The van der Waals surface area contributed by atoms with Gasteiger partial charge in [-0.25, -0.2) is 18.8 Å². The number of hydrogen-bond donors (Lipinski definition) is 0. The highest BCUT2D eigenvalue weighted by Crippen LogP contribution is 2.24. The second-order valence-electron chi connectivity index (χ2n) is 8.89. The van der Waals surface area contributed by atoms with Crippen LogP contribution in [0.3, 0.4) is 0 Å². The number of esters is 1. The van der Waals surface area contributed by atoms with Gasteiger partial charge >= 0.3 is 18.1 Å². The van der Waals surface area contributed by atoms with Gasteiger partial charge in [0, 0.05) is 37.8 Å². The molecule has 3 rings (SSSR count). The Morgan fingerprint density at radius 1 is 1.13 bits per heavy atom. The van der Waals surface area contributed by atoms with Crippen molar-refractivity contribution in [2.24, 2.45) is 0 Å². The van der Waals surface area contributed by atoms with Crippen molar-refractivity contribution in [3.8, 4) is 0 Å². The molecule has 3 amide bonds. The zero-order valence-corrected chi connectivity index (χ0v) is 18.5. The predicted octanol–water partition coefficient (Wildman–Crippen LogP) is 3.25. The van der Waals surface area contributed by atoms with E-state index >= 15 is 0 Å².